The maximum absolute atomic E-state index is 11.9. The summed E-state index contributed by atoms with van der Waals surface area (Å²) in [6, 6.07) is 9.11. The highest BCUT2D eigenvalue weighted by molar-refractivity contribution is 5.83. The highest BCUT2D eigenvalue weighted by atomic mass is 16.4. The van der Waals surface area contributed by atoms with Crippen molar-refractivity contribution in [3.63, 3.8) is 0 Å². The van der Waals surface area contributed by atoms with E-state index in [1.165, 1.54) is 0 Å². The molecule has 1 aromatic carbocycles. The molecule has 1 rings (SSSR count). The van der Waals surface area contributed by atoms with Crippen LogP contribution in [0, 0.1) is 5.92 Å². The highest BCUT2D eigenvalue weighted by Crippen LogP contribution is 2.27. The first-order valence-electron chi connectivity index (χ1n) is 7.48. The van der Waals surface area contributed by atoms with Gasteiger partial charge in [0.05, 0.1) is 0 Å². The number of carbonyl (C=O) groups excluding carboxylic acids is 1. The molecule has 0 aliphatic carbocycles. The molecule has 0 heterocycles. The summed E-state index contributed by atoms with van der Waals surface area (Å²) in [5.41, 5.74) is -0.335. The van der Waals surface area contributed by atoms with Crippen molar-refractivity contribution >= 4 is 11.9 Å². The van der Waals surface area contributed by atoms with Gasteiger partial charge in [-0.05, 0) is 24.3 Å². The average molecular weight is 291 g/mol. The highest BCUT2D eigenvalue weighted by Gasteiger charge is 2.38. The quantitative estimate of drug-likeness (QED) is 0.774. The number of rotatable bonds is 8. The summed E-state index contributed by atoms with van der Waals surface area (Å²) in [5.74, 6) is -0.528. The van der Waals surface area contributed by atoms with Crippen LogP contribution in [-0.4, -0.2) is 23.5 Å². The minimum absolute atomic E-state index is 0.0845. The minimum atomic E-state index is -1.06. The number of benzene rings is 1. The van der Waals surface area contributed by atoms with Gasteiger partial charge in [0.2, 0.25) is 5.91 Å². The maximum Gasteiger partial charge on any atom is 0.315 e. The Morgan fingerprint density at radius 1 is 1.24 bits per heavy atom. The van der Waals surface area contributed by atoms with Crippen molar-refractivity contribution in [1.29, 1.82) is 0 Å². The molecule has 0 bridgehead atoms. The molecule has 4 heteroatoms. The van der Waals surface area contributed by atoms with Crippen LogP contribution in [0.1, 0.15) is 45.6 Å². The van der Waals surface area contributed by atoms with E-state index in [1.807, 2.05) is 25.1 Å². The summed E-state index contributed by atoms with van der Waals surface area (Å²) >= 11 is 0. The lowest BCUT2D eigenvalue weighted by molar-refractivity contribution is -0.144. The average Bonchev–Trinajstić information content (AvgIpc) is 2.47. The van der Waals surface area contributed by atoms with Crippen molar-refractivity contribution in [1.82, 2.24) is 5.32 Å². The summed E-state index contributed by atoms with van der Waals surface area (Å²) in [6.45, 7) is 6.08. The molecule has 21 heavy (non-hydrogen) atoms. The Hall–Kier alpha value is -1.84. The van der Waals surface area contributed by atoms with E-state index in [0.717, 1.165) is 12.0 Å². The Morgan fingerprint density at radius 2 is 1.86 bits per heavy atom. The van der Waals surface area contributed by atoms with E-state index in [2.05, 4.69) is 19.2 Å². The van der Waals surface area contributed by atoms with Gasteiger partial charge >= 0.3 is 5.97 Å². The number of carbonyl (C=O) groups is 2. The third kappa shape index (κ3) is 4.59. The topological polar surface area (TPSA) is 66.4 Å². The van der Waals surface area contributed by atoms with E-state index < -0.39 is 11.4 Å². The van der Waals surface area contributed by atoms with Gasteiger partial charge in [0.1, 0.15) is 5.41 Å². The molecule has 1 unspecified atom stereocenters. The molecular weight excluding hydrogens is 266 g/mol. The molecule has 4 nitrogen and oxygen atoms in total. The van der Waals surface area contributed by atoms with Gasteiger partial charge in [-0.25, -0.2) is 0 Å². The van der Waals surface area contributed by atoms with Crippen molar-refractivity contribution in [3.8, 4) is 0 Å². The Balaban J connectivity index is 2.81. The lowest BCUT2D eigenvalue weighted by Gasteiger charge is -2.29. The first-order valence-corrected chi connectivity index (χ1v) is 7.48. The molecule has 1 amide bonds. The summed E-state index contributed by atoms with van der Waals surface area (Å²) in [6.07, 6.45) is 1.67. The van der Waals surface area contributed by atoms with Crippen LogP contribution in [0.4, 0.5) is 0 Å². The van der Waals surface area contributed by atoms with Gasteiger partial charge in [0.25, 0.3) is 0 Å². The first kappa shape index (κ1) is 17.2. The molecule has 0 radical (unpaired) electrons. The number of carboxylic acid groups (broad SMARTS) is 1. The standard InChI is InChI=1S/C17H25NO3/c1-4-17(16(20)21,14-8-6-5-7-9-14)12-18-15(19)11-10-13(2)3/h5-9,13H,4,10-12H2,1-3H3,(H,18,19)(H,20,21). The van der Waals surface area contributed by atoms with Crippen LogP contribution < -0.4 is 5.32 Å². The fraction of sp³-hybridized carbons (Fsp3) is 0.529. The second-order valence-electron chi connectivity index (χ2n) is 5.82. The van der Waals surface area contributed by atoms with Crippen molar-refractivity contribution < 1.29 is 14.7 Å². The number of nitrogens with one attached hydrogen (secondary N) is 1. The number of aliphatic carboxylic acids is 1. The third-order valence-electron chi connectivity index (χ3n) is 3.88. The number of hydrogen-bond acceptors (Lipinski definition) is 2. The van der Waals surface area contributed by atoms with Gasteiger partial charge < -0.3 is 10.4 Å². The Bertz CT molecular complexity index is 470. The largest absolute Gasteiger partial charge is 0.481 e. The van der Waals surface area contributed by atoms with Gasteiger partial charge in [-0.1, -0.05) is 51.1 Å². The minimum Gasteiger partial charge on any atom is -0.481 e. The molecule has 0 aliphatic heterocycles. The smallest absolute Gasteiger partial charge is 0.315 e. The van der Waals surface area contributed by atoms with Crippen molar-refractivity contribution in [3.05, 3.63) is 35.9 Å². The van der Waals surface area contributed by atoms with Crippen molar-refractivity contribution in [2.24, 2.45) is 5.92 Å². The maximum atomic E-state index is 11.9. The Kier molecular flexibility index (Phi) is 6.40. The second-order valence-corrected chi connectivity index (χ2v) is 5.82. The van der Waals surface area contributed by atoms with Crippen molar-refractivity contribution in [2.45, 2.75) is 45.4 Å². The van der Waals surface area contributed by atoms with Gasteiger partial charge in [-0.2, -0.15) is 0 Å². The van der Waals surface area contributed by atoms with Crippen LogP contribution in [0.5, 0.6) is 0 Å². The molecule has 1 aromatic rings. The van der Waals surface area contributed by atoms with Crippen LogP contribution in [0.25, 0.3) is 0 Å². The van der Waals surface area contributed by atoms with Crippen LogP contribution in [0.3, 0.4) is 0 Å². The number of carboxylic acids is 1. The lowest BCUT2D eigenvalue weighted by Crippen LogP contribution is -2.46. The zero-order chi connectivity index (χ0) is 15.9. The second kappa shape index (κ2) is 7.81. The predicted octanol–water partition coefficient (Wildman–Crippen LogP) is 2.97. The Labute approximate surface area is 126 Å². The van der Waals surface area contributed by atoms with Crippen LogP contribution in [0.2, 0.25) is 0 Å². The molecule has 0 saturated carbocycles. The van der Waals surface area contributed by atoms with Crippen LogP contribution >= 0.6 is 0 Å². The summed E-state index contributed by atoms with van der Waals surface area (Å²) in [5, 5.41) is 12.4. The molecule has 116 valence electrons. The molecule has 1 atom stereocenters. The van der Waals surface area contributed by atoms with Gasteiger partial charge in [0, 0.05) is 13.0 Å². The third-order valence-corrected chi connectivity index (χ3v) is 3.88. The Morgan fingerprint density at radius 3 is 2.33 bits per heavy atom. The zero-order valence-corrected chi connectivity index (χ0v) is 13.1. The first-order chi connectivity index (χ1) is 9.92. The molecular formula is C17H25NO3. The molecule has 0 aromatic heterocycles. The predicted molar refractivity (Wildman–Crippen MR) is 83.1 cm³/mol. The van der Waals surface area contributed by atoms with Gasteiger partial charge in [-0.3, -0.25) is 9.59 Å². The normalized spacial score (nSPS) is 13.7. The van der Waals surface area contributed by atoms with E-state index in [1.54, 1.807) is 12.1 Å². The molecule has 0 fully saturated rings. The fourth-order valence-corrected chi connectivity index (χ4v) is 2.30. The SMILES string of the molecule is CCC(CNC(=O)CCC(C)C)(C(=O)O)c1ccccc1. The summed E-state index contributed by atoms with van der Waals surface area (Å²) in [7, 11) is 0. The molecule has 0 spiro atoms. The van der Waals surface area contributed by atoms with Crippen molar-refractivity contribution in [2.75, 3.05) is 6.54 Å². The monoisotopic (exact) mass is 291 g/mol. The van der Waals surface area contributed by atoms with Crippen LogP contribution in [0.15, 0.2) is 30.3 Å². The lowest BCUT2D eigenvalue weighted by atomic mass is 9.78. The fourth-order valence-electron chi connectivity index (χ4n) is 2.30. The van der Waals surface area contributed by atoms with E-state index in [4.69, 9.17) is 0 Å². The summed E-state index contributed by atoms with van der Waals surface area (Å²) < 4.78 is 0. The van der Waals surface area contributed by atoms with E-state index >= 15 is 0 Å². The molecule has 0 aliphatic rings. The molecule has 0 saturated heterocycles. The molecule has 2 N–H and O–H groups in total. The van der Waals surface area contributed by atoms with E-state index in [-0.39, 0.29) is 12.5 Å². The zero-order valence-electron chi connectivity index (χ0n) is 13.1. The number of hydrogen-bond donors (Lipinski definition) is 2. The van der Waals surface area contributed by atoms with Gasteiger partial charge in [-0.15, -0.1) is 0 Å². The van der Waals surface area contributed by atoms with Gasteiger partial charge in [0.15, 0.2) is 0 Å². The number of amides is 1. The summed E-state index contributed by atoms with van der Waals surface area (Å²) in [4.78, 5) is 23.6. The van der Waals surface area contributed by atoms with E-state index in [0.29, 0.717) is 18.8 Å². The van der Waals surface area contributed by atoms with Crippen LogP contribution in [-0.2, 0) is 15.0 Å². The van der Waals surface area contributed by atoms with E-state index in [9.17, 15) is 14.7 Å².